The third kappa shape index (κ3) is 21.7. The van der Waals surface area contributed by atoms with E-state index in [1.54, 1.807) is 36.0 Å². The fourth-order valence-electron chi connectivity index (χ4n) is 15.2. The molecule has 2 atom stereocenters. The zero-order valence-electron chi connectivity index (χ0n) is 67.5. The number of imide groups is 2. The first-order valence-electron chi connectivity index (χ1n) is 40.2. The maximum Gasteiger partial charge on any atom is 0.332 e. The van der Waals surface area contributed by atoms with E-state index >= 15 is 0 Å². The van der Waals surface area contributed by atoms with Gasteiger partial charge in [0.1, 0.15) is 30.7 Å². The number of fused-ring (bicyclic) bond motifs is 2. The van der Waals surface area contributed by atoms with Crippen LogP contribution in [0.4, 0.5) is 16.4 Å². The minimum atomic E-state index is -1.46. The summed E-state index contributed by atoms with van der Waals surface area (Å²) in [7, 11) is 3.17. The number of carbonyl (C=O) groups is 10. The number of pyridine rings is 1. The number of thioether (sulfide) groups is 2. The van der Waals surface area contributed by atoms with Gasteiger partial charge in [-0.3, -0.25) is 57.7 Å². The van der Waals surface area contributed by atoms with E-state index in [0.717, 1.165) is 93.3 Å². The molecule has 13 rings (SSSR count). The molecule has 3 aromatic heterocycles. The third-order valence-electron chi connectivity index (χ3n) is 21.9. The highest BCUT2D eigenvalue weighted by molar-refractivity contribution is 8.08. The van der Waals surface area contributed by atoms with Crippen LogP contribution in [0.1, 0.15) is 94.4 Å². The predicted octanol–water partition coefficient (Wildman–Crippen LogP) is 6.01. The second-order valence-corrected chi connectivity index (χ2v) is 32.7. The summed E-state index contributed by atoms with van der Waals surface area (Å²) in [6.45, 7) is 4.57. The Kier molecular flexibility index (Phi) is 28.8. The molecule has 0 bridgehead atoms. The van der Waals surface area contributed by atoms with Gasteiger partial charge in [-0.25, -0.2) is 19.7 Å². The molecule has 11 amide bonds. The lowest BCUT2D eigenvalue weighted by molar-refractivity contribution is -0.138. The van der Waals surface area contributed by atoms with Gasteiger partial charge in [0.15, 0.2) is 5.60 Å². The number of methoxy groups -OCH3 is 1. The first kappa shape index (κ1) is 87.0. The molecule has 0 unspecified atom stereocenters. The number of primary amides is 3. The first-order valence-corrected chi connectivity index (χ1v) is 41.8. The van der Waals surface area contributed by atoms with Crippen LogP contribution in [-0.4, -0.2) is 216 Å². The van der Waals surface area contributed by atoms with Crippen molar-refractivity contribution in [1.29, 1.82) is 0 Å². The Labute approximate surface area is 707 Å². The number of aryl methyl sites for hydroxylation is 1. The van der Waals surface area contributed by atoms with Crippen molar-refractivity contribution in [3.63, 3.8) is 0 Å². The summed E-state index contributed by atoms with van der Waals surface area (Å²) in [4.78, 5) is 169. The lowest BCUT2D eigenvalue weighted by Crippen LogP contribution is -2.57. The molecule has 11 N–H and O–H groups in total. The van der Waals surface area contributed by atoms with Gasteiger partial charge in [0.25, 0.3) is 17.4 Å². The Morgan fingerprint density at radius 1 is 0.694 bits per heavy atom. The number of amides is 11. The number of ether oxygens (including phenoxy) is 5. The van der Waals surface area contributed by atoms with E-state index in [-0.39, 0.29) is 102 Å². The molecule has 5 aromatic carbocycles. The molecule has 0 radical (unpaired) electrons. The number of piperidine rings is 2. The van der Waals surface area contributed by atoms with Crippen LogP contribution in [0.25, 0.3) is 32.9 Å². The number of nitrogens with one attached hydrogen (secondary N) is 5. The molecule has 32 nitrogen and oxygen atoms in total. The molecule has 5 aliphatic rings. The molecule has 7 heterocycles. The molecule has 0 spiro atoms. The average Bonchev–Trinajstić information content (AvgIpc) is 1.61. The number of carbonyl (C=O) groups excluding carboxylic acids is 10. The van der Waals surface area contributed by atoms with Crippen LogP contribution in [0.3, 0.4) is 0 Å². The van der Waals surface area contributed by atoms with Crippen LogP contribution in [-0.2, 0) is 74.7 Å². The van der Waals surface area contributed by atoms with Crippen LogP contribution >= 0.6 is 23.5 Å². The monoisotopic (exact) mass is 1690 g/mol. The van der Waals surface area contributed by atoms with E-state index in [1.165, 1.54) is 35.5 Å². The molecule has 1 saturated carbocycles. The van der Waals surface area contributed by atoms with E-state index in [4.69, 9.17) is 50.9 Å². The zero-order valence-corrected chi connectivity index (χ0v) is 69.1. The third-order valence-corrected chi connectivity index (χ3v) is 24.2. The molecule has 121 heavy (non-hydrogen) atoms. The topological polar surface area (TPSA) is 423 Å². The molecule has 634 valence electrons. The number of urea groups is 1. The maximum absolute atomic E-state index is 14.2. The van der Waals surface area contributed by atoms with Crippen LogP contribution in [0.2, 0.25) is 0 Å². The molecule has 3 saturated heterocycles. The molecule has 1 aliphatic carbocycles. The molecular formula is C87H98N16O16S2. The lowest BCUT2D eigenvalue weighted by Gasteiger charge is -2.45. The summed E-state index contributed by atoms with van der Waals surface area (Å²) >= 11 is 2.46. The van der Waals surface area contributed by atoms with E-state index in [1.807, 2.05) is 121 Å². The number of aromatic nitrogens is 4. The van der Waals surface area contributed by atoms with Gasteiger partial charge in [0.2, 0.25) is 47.3 Å². The van der Waals surface area contributed by atoms with Crippen molar-refractivity contribution >= 4 is 116 Å². The molecular weight excluding hydrogens is 1590 g/mol. The van der Waals surface area contributed by atoms with Crippen molar-refractivity contribution in [2.45, 2.75) is 117 Å². The summed E-state index contributed by atoms with van der Waals surface area (Å²) in [5.41, 5.74) is 19.6. The number of H-pyrrole nitrogens is 1. The summed E-state index contributed by atoms with van der Waals surface area (Å²) in [5.74, 6) is 0.253. The van der Waals surface area contributed by atoms with E-state index in [0.29, 0.717) is 74.5 Å². The van der Waals surface area contributed by atoms with Crippen LogP contribution in [0.15, 0.2) is 170 Å². The fraction of sp³-hybridized carbons (Fsp3) is 0.391. The van der Waals surface area contributed by atoms with Crippen LogP contribution < -0.4 is 58.6 Å². The predicted molar refractivity (Wildman–Crippen MR) is 453 cm³/mol. The number of hydrogen-bond acceptors (Lipinski definition) is 23. The highest BCUT2D eigenvalue weighted by Gasteiger charge is 2.46. The fourth-order valence-corrected chi connectivity index (χ4v) is 17.3. The van der Waals surface area contributed by atoms with Gasteiger partial charge in [-0.2, -0.15) is 0 Å². The van der Waals surface area contributed by atoms with Crippen molar-refractivity contribution in [2.75, 3.05) is 109 Å². The van der Waals surface area contributed by atoms with Gasteiger partial charge >= 0.3 is 6.03 Å². The Morgan fingerprint density at radius 3 is 1.99 bits per heavy atom. The Morgan fingerprint density at radius 2 is 1.35 bits per heavy atom. The summed E-state index contributed by atoms with van der Waals surface area (Å²) in [6.07, 6.45) is 6.68. The minimum absolute atomic E-state index is 0.00348. The molecule has 8 aromatic rings. The smallest absolute Gasteiger partial charge is 0.332 e. The van der Waals surface area contributed by atoms with Crippen molar-refractivity contribution in [3.8, 4) is 28.7 Å². The number of benzene rings is 5. The van der Waals surface area contributed by atoms with Gasteiger partial charge in [0, 0.05) is 121 Å². The quantitative estimate of drug-likeness (QED) is 0.00946. The molecule has 4 aliphatic heterocycles. The van der Waals surface area contributed by atoms with E-state index < -0.39 is 89.8 Å². The SMILES string of the molecule is COc1ccc(C#CCNC2(C)CCN(C3CCN(c4nc([C@@](COCNC(=O)C(CC(N)=O)CC(N)=O)(OC5CC5)c5ccccc5)c5cc(-c6cn(C)c(=O)c7[nH]ccc67)ccc5n4)CC3)CC2)cc1N1CCC(=O)N(CNC(=O)[C@H](CC(N)=O)NC(=O)CCOCCOCCN2C(=O)C(Sc3ccccc3)=C(Sc3ccccc3)C2=O)C1=O. The van der Waals surface area contributed by atoms with E-state index in [2.05, 4.69) is 54.8 Å². The number of likely N-dealkylation sites (tertiary alicyclic amines) is 1. The number of anilines is 2. The minimum Gasteiger partial charge on any atom is -0.495 e. The van der Waals surface area contributed by atoms with Crippen molar-refractivity contribution in [2.24, 2.45) is 30.2 Å². The number of nitrogens with two attached hydrogens (primary N) is 3. The first-order chi connectivity index (χ1) is 58.4. The number of hydrogen-bond donors (Lipinski definition) is 8. The highest BCUT2D eigenvalue weighted by atomic mass is 32.2. The Hall–Kier alpha value is -11.8. The van der Waals surface area contributed by atoms with E-state index in [9.17, 15) is 52.7 Å². The average molecular weight is 1690 g/mol. The second-order valence-electron chi connectivity index (χ2n) is 30.5. The summed E-state index contributed by atoms with van der Waals surface area (Å²) in [5, 5.41) is 12.8. The van der Waals surface area contributed by atoms with Gasteiger partial charge in [-0.05, 0) is 117 Å². The largest absolute Gasteiger partial charge is 0.495 e. The summed E-state index contributed by atoms with van der Waals surface area (Å²) in [6, 6.07) is 39.4. The standard InChI is InChI=1S/C87H98N16O16S2/c1-86(32-39-99(40-33-86)59-28-36-100(37-29-59)84-96-66-25-22-56(65-51-98(2)81(111)75-63(65)27-35-91-75)47-64(66)78(97-84)87(119-60-23-24-60,58-15-7-4-8-16-58)52-118-54-93-79(109)57(48-70(88)104)49-71(89)105)94-34-13-14-55-21-26-69(115-3)68(46-55)101-38-30-74(108)103(85(101)114)53-92-80(110)67(50-72(90)106)95-73(107)31-42-116-44-45-117-43-41-102-82(112)76(120-61-17-9-5-10-18-61)77(83(102)113)121-62-19-11-6-12-20-62/h4-12,15-22,25-27,35,46-47,51,57,59-60,67,91,94H,23-24,28-34,36-45,48-50,52-54H2,1-3H3,(H2,88,104)(H2,89,105)(H2,90,106)(H,92,110)(H,93,109)(H,95,107)/t67-,87-/m0/s1. The normalized spacial score (nSPS) is 16.6. The van der Waals surface area contributed by atoms with Crippen LogP contribution in [0.5, 0.6) is 5.75 Å². The number of rotatable bonds is 39. The zero-order chi connectivity index (χ0) is 85.3. The molecule has 34 heteroatoms. The summed E-state index contributed by atoms with van der Waals surface area (Å²) < 4.78 is 32.2. The van der Waals surface area contributed by atoms with Crippen molar-refractivity contribution in [1.82, 2.24) is 55.5 Å². The van der Waals surface area contributed by atoms with Gasteiger partial charge < -0.3 is 81.5 Å². The number of nitrogens with zero attached hydrogens (tertiary/aromatic N) is 8. The maximum atomic E-state index is 14.2. The van der Waals surface area contributed by atoms with Gasteiger partial charge in [-0.1, -0.05) is 108 Å². The van der Waals surface area contributed by atoms with Gasteiger partial charge in [-0.15, -0.1) is 0 Å². The Bertz CT molecular complexity index is 5260. The highest BCUT2D eigenvalue weighted by Crippen LogP contribution is 2.46. The van der Waals surface area contributed by atoms with Crippen LogP contribution in [0, 0.1) is 17.8 Å². The molecule has 4 fully saturated rings. The Balaban J connectivity index is 0.590. The van der Waals surface area contributed by atoms with Gasteiger partial charge in [0.05, 0.1) is 98.4 Å². The second kappa shape index (κ2) is 40.0. The lowest BCUT2D eigenvalue weighted by atomic mass is 9.87. The van der Waals surface area contributed by atoms with Crippen molar-refractivity contribution in [3.05, 3.63) is 183 Å². The number of aromatic amines is 1. The van der Waals surface area contributed by atoms with Crippen molar-refractivity contribution < 1.29 is 71.6 Å².